The zero-order valence-electron chi connectivity index (χ0n) is 14.3. The Hall–Kier alpha value is -1.69. The van der Waals surface area contributed by atoms with E-state index < -0.39 is 0 Å². The van der Waals surface area contributed by atoms with Crippen molar-refractivity contribution in [3.8, 4) is 0 Å². The Morgan fingerprint density at radius 1 is 1.17 bits per heavy atom. The summed E-state index contributed by atoms with van der Waals surface area (Å²) in [4.78, 5) is 28.9. The van der Waals surface area contributed by atoms with Crippen LogP contribution in [0.3, 0.4) is 0 Å². The largest absolute Gasteiger partial charge is 0.339 e. The number of hydrogen-bond acceptors (Lipinski definition) is 4. The van der Waals surface area contributed by atoms with Crippen molar-refractivity contribution >= 4 is 11.7 Å². The number of nitrogens with zero attached hydrogens (tertiary/aromatic N) is 4. The summed E-state index contributed by atoms with van der Waals surface area (Å²) in [5.74, 6) is 0.120. The molecular formula is C17H26N4O2. The molecule has 1 amide bonds. The van der Waals surface area contributed by atoms with Crippen molar-refractivity contribution in [1.29, 1.82) is 0 Å². The molecule has 3 rings (SSSR count). The van der Waals surface area contributed by atoms with Crippen LogP contribution >= 0.6 is 0 Å². The summed E-state index contributed by atoms with van der Waals surface area (Å²) in [6.45, 7) is 9.40. The molecule has 2 saturated heterocycles. The highest BCUT2D eigenvalue weighted by Gasteiger charge is 2.30. The molecule has 1 unspecified atom stereocenters. The molecule has 2 aliphatic rings. The molecule has 2 aliphatic heterocycles. The van der Waals surface area contributed by atoms with Gasteiger partial charge >= 0.3 is 0 Å². The minimum atomic E-state index is 0.00932. The first-order valence-electron chi connectivity index (χ1n) is 8.54. The Morgan fingerprint density at radius 3 is 2.61 bits per heavy atom. The lowest BCUT2D eigenvalue weighted by atomic mass is 10.1. The minimum absolute atomic E-state index is 0.00932. The molecule has 0 aliphatic carbocycles. The van der Waals surface area contributed by atoms with E-state index in [1.165, 1.54) is 19.4 Å². The Balaban J connectivity index is 1.71. The van der Waals surface area contributed by atoms with Gasteiger partial charge in [-0.2, -0.15) is 5.10 Å². The van der Waals surface area contributed by atoms with E-state index in [1.807, 2.05) is 18.7 Å². The smallest absolute Gasteiger partial charge is 0.244 e. The van der Waals surface area contributed by atoms with Gasteiger partial charge in [-0.15, -0.1) is 0 Å². The number of aryl methyl sites for hydroxylation is 1. The van der Waals surface area contributed by atoms with E-state index in [0.29, 0.717) is 17.3 Å². The van der Waals surface area contributed by atoms with Crippen molar-refractivity contribution in [2.24, 2.45) is 0 Å². The van der Waals surface area contributed by atoms with E-state index in [1.54, 1.807) is 11.6 Å². The van der Waals surface area contributed by atoms with E-state index >= 15 is 0 Å². The SMILES string of the molecule is CC(=O)c1c(C)nn(CC(=O)N2CCCN3CCCC3C2)c1C. The third kappa shape index (κ3) is 3.17. The van der Waals surface area contributed by atoms with E-state index in [0.717, 1.165) is 31.7 Å². The molecule has 126 valence electrons. The molecule has 0 radical (unpaired) electrons. The van der Waals surface area contributed by atoms with Crippen LogP contribution in [0.5, 0.6) is 0 Å². The van der Waals surface area contributed by atoms with Crippen LogP contribution in [0.1, 0.15) is 47.9 Å². The first-order chi connectivity index (χ1) is 11.0. The number of rotatable bonds is 3. The fourth-order valence-electron chi connectivity index (χ4n) is 4.02. The predicted octanol–water partition coefficient (Wildman–Crippen LogP) is 1.40. The molecule has 0 saturated carbocycles. The lowest BCUT2D eigenvalue weighted by Gasteiger charge is -2.25. The van der Waals surface area contributed by atoms with Gasteiger partial charge in [0.1, 0.15) is 6.54 Å². The number of aromatic nitrogens is 2. The number of ketones is 1. The third-order valence-electron chi connectivity index (χ3n) is 5.17. The van der Waals surface area contributed by atoms with Crippen molar-refractivity contribution in [2.75, 3.05) is 26.2 Å². The standard InChI is InChI=1S/C17H26N4O2/c1-12-17(14(3)22)13(2)21(18-12)11-16(23)20-9-5-8-19-7-4-6-15(19)10-20/h15H,4-11H2,1-3H3. The number of carbonyl (C=O) groups excluding carboxylic acids is 2. The number of carbonyl (C=O) groups is 2. The van der Waals surface area contributed by atoms with Gasteiger partial charge in [0.25, 0.3) is 0 Å². The molecule has 0 spiro atoms. The highest BCUT2D eigenvalue weighted by molar-refractivity contribution is 5.96. The molecule has 0 N–H and O–H groups in total. The van der Waals surface area contributed by atoms with Crippen LogP contribution in [-0.2, 0) is 11.3 Å². The highest BCUT2D eigenvalue weighted by atomic mass is 16.2. The van der Waals surface area contributed by atoms with Crippen LogP contribution in [0.2, 0.25) is 0 Å². The molecule has 1 aromatic heterocycles. The fourth-order valence-corrected chi connectivity index (χ4v) is 4.02. The van der Waals surface area contributed by atoms with Crippen molar-refractivity contribution in [1.82, 2.24) is 19.6 Å². The van der Waals surface area contributed by atoms with Crippen LogP contribution in [0.4, 0.5) is 0 Å². The number of Topliss-reactive ketones (excluding diaryl/α,β-unsaturated/α-hetero) is 1. The molecule has 6 nitrogen and oxygen atoms in total. The summed E-state index contributed by atoms with van der Waals surface area (Å²) in [6.07, 6.45) is 3.47. The summed E-state index contributed by atoms with van der Waals surface area (Å²) < 4.78 is 1.69. The quantitative estimate of drug-likeness (QED) is 0.791. The van der Waals surface area contributed by atoms with Crippen molar-refractivity contribution in [3.05, 3.63) is 17.0 Å². The average Bonchev–Trinajstić information content (AvgIpc) is 2.96. The second-order valence-electron chi connectivity index (χ2n) is 6.78. The maximum atomic E-state index is 12.7. The van der Waals surface area contributed by atoms with E-state index in [2.05, 4.69) is 10.00 Å². The summed E-state index contributed by atoms with van der Waals surface area (Å²) in [7, 11) is 0. The zero-order valence-corrected chi connectivity index (χ0v) is 14.3. The van der Waals surface area contributed by atoms with Crippen LogP contribution < -0.4 is 0 Å². The second kappa shape index (κ2) is 6.43. The summed E-state index contributed by atoms with van der Waals surface area (Å²) in [5.41, 5.74) is 2.15. The maximum absolute atomic E-state index is 12.7. The van der Waals surface area contributed by atoms with Gasteiger partial charge in [-0.25, -0.2) is 0 Å². The van der Waals surface area contributed by atoms with Gasteiger partial charge in [0.15, 0.2) is 5.78 Å². The summed E-state index contributed by atoms with van der Waals surface area (Å²) in [5, 5.41) is 4.39. The monoisotopic (exact) mass is 318 g/mol. The van der Waals surface area contributed by atoms with Gasteiger partial charge < -0.3 is 4.90 Å². The van der Waals surface area contributed by atoms with E-state index in [9.17, 15) is 9.59 Å². The lowest BCUT2D eigenvalue weighted by Crippen LogP contribution is -2.41. The topological polar surface area (TPSA) is 58.4 Å². The maximum Gasteiger partial charge on any atom is 0.244 e. The molecule has 1 aromatic rings. The van der Waals surface area contributed by atoms with E-state index in [-0.39, 0.29) is 18.2 Å². The molecule has 0 bridgehead atoms. The van der Waals surface area contributed by atoms with Gasteiger partial charge in [-0.05, 0) is 46.6 Å². The van der Waals surface area contributed by atoms with Gasteiger partial charge in [0.05, 0.1) is 11.3 Å². The Bertz CT molecular complexity index is 622. The summed E-state index contributed by atoms with van der Waals surface area (Å²) >= 11 is 0. The molecular weight excluding hydrogens is 292 g/mol. The van der Waals surface area contributed by atoms with Gasteiger partial charge in [0, 0.05) is 31.4 Å². The highest BCUT2D eigenvalue weighted by Crippen LogP contribution is 2.22. The van der Waals surface area contributed by atoms with Crippen molar-refractivity contribution in [2.45, 2.75) is 52.6 Å². The van der Waals surface area contributed by atoms with E-state index in [4.69, 9.17) is 0 Å². The molecule has 3 heterocycles. The molecule has 0 aromatic carbocycles. The van der Waals surface area contributed by atoms with Crippen LogP contribution in [-0.4, -0.2) is 63.5 Å². The number of amides is 1. The Kier molecular flexibility index (Phi) is 4.53. The third-order valence-corrected chi connectivity index (χ3v) is 5.17. The van der Waals surface area contributed by atoms with Gasteiger partial charge in [-0.1, -0.05) is 0 Å². The first-order valence-corrected chi connectivity index (χ1v) is 8.54. The Labute approximate surface area is 137 Å². The number of hydrogen-bond donors (Lipinski definition) is 0. The lowest BCUT2D eigenvalue weighted by molar-refractivity contribution is -0.132. The predicted molar refractivity (Wildman–Crippen MR) is 87.5 cm³/mol. The first kappa shape index (κ1) is 16.2. The Morgan fingerprint density at radius 2 is 1.91 bits per heavy atom. The van der Waals surface area contributed by atoms with Crippen LogP contribution in [0, 0.1) is 13.8 Å². The number of fused-ring (bicyclic) bond motifs is 1. The van der Waals surface area contributed by atoms with Crippen LogP contribution in [0.25, 0.3) is 0 Å². The van der Waals surface area contributed by atoms with Crippen molar-refractivity contribution < 1.29 is 9.59 Å². The van der Waals surface area contributed by atoms with Gasteiger partial charge in [-0.3, -0.25) is 19.2 Å². The molecule has 2 fully saturated rings. The van der Waals surface area contributed by atoms with Gasteiger partial charge in [0.2, 0.25) is 5.91 Å². The summed E-state index contributed by atoms with van der Waals surface area (Å²) in [6, 6.07) is 0.523. The molecule has 1 atom stereocenters. The zero-order chi connectivity index (χ0) is 16.6. The molecule has 6 heteroatoms. The van der Waals surface area contributed by atoms with Crippen LogP contribution in [0.15, 0.2) is 0 Å². The fraction of sp³-hybridized carbons (Fsp3) is 0.706. The average molecular weight is 318 g/mol. The minimum Gasteiger partial charge on any atom is -0.339 e. The normalized spacial score (nSPS) is 22.0. The molecule has 23 heavy (non-hydrogen) atoms. The second-order valence-corrected chi connectivity index (χ2v) is 6.78. The van der Waals surface area contributed by atoms with Crippen molar-refractivity contribution in [3.63, 3.8) is 0 Å².